The molecule has 2 aliphatic heterocycles. The van der Waals surface area contributed by atoms with Gasteiger partial charge in [-0.1, -0.05) is 12.1 Å². The van der Waals surface area contributed by atoms with Crippen molar-refractivity contribution in [3.8, 4) is 5.75 Å². The number of amides is 1. The van der Waals surface area contributed by atoms with E-state index in [2.05, 4.69) is 4.72 Å². The van der Waals surface area contributed by atoms with Crippen molar-refractivity contribution in [3.05, 3.63) is 57.6 Å². The first-order valence-corrected chi connectivity index (χ1v) is 17.6. The number of likely N-dealkylation sites (tertiary alicyclic amines) is 1. The fourth-order valence-electron chi connectivity index (χ4n) is 6.20. The number of Topliss-reactive ketones (excluding diaryl/α,β-unsaturated/α-hetero) is 1. The highest BCUT2D eigenvalue weighted by molar-refractivity contribution is 14.0. The average Bonchev–Trinajstić information content (AvgIpc) is 3.07. The Labute approximate surface area is 309 Å². The zero-order valence-corrected chi connectivity index (χ0v) is 31.7. The van der Waals surface area contributed by atoms with Crippen LogP contribution in [-0.2, 0) is 30.7 Å². The number of amidine groups is 1. The van der Waals surface area contributed by atoms with Crippen LogP contribution in [0.5, 0.6) is 5.75 Å². The summed E-state index contributed by atoms with van der Waals surface area (Å²) in [6.45, 7) is 5.29. The van der Waals surface area contributed by atoms with E-state index in [1.165, 1.54) is 19.2 Å². The van der Waals surface area contributed by atoms with E-state index in [1.54, 1.807) is 37.8 Å². The Bertz CT molecular complexity index is 1670. The van der Waals surface area contributed by atoms with Crippen LogP contribution in [0.2, 0.25) is 0 Å². The molecule has 0 saturated carbocycles. The number of aryl methyl sites for hydroxylation is 1. The second kappa shape index (κ2) is 17.6. The number of nitrogens with zero attached hydrogens (tertiary/aromatic N) is 1. The van der Waals surface area contributed by atoms with Crippen molar-refractivity contribution in [1.82, 2.24) is 9.62 Å². The topological polar surface area (TPSA) is 248 Å². The third-order valence-corrected chi connectivity index (χ3v) is 10.8. The van der Waals surface area contributed by atoms with Gasteiger partial charge in [-0.05, 0) is 80.8 Å². The van der Waals surface area contributed by atoms with Crippen LogP contribution in [0.15, 0.2) is 29.2 Å². The van der Waals surface area contributed by atoms with E-state index in [4.69, 9.17) is 31.1 Å². The highest BCUT2D eigenvalue weighted by Gasteiger charge is 2.39. The molecule has 1 amide bonds. The van der Waals surface area contributed by atoms with Crippen LogP contribution in [0, 0.1) is 26.2 Å². The molecule has 2 fully saturated rings. The van der Waals surface area contributed by atoms with Gasteiger partial charge in [-0.25, -0.2) is 8.42 Å². The van der Waals surface area contributed by atoms with Gasteiger partial charge in [0.05, 0.1) is 31.3 Å². The van der Waals surface area contributed by atoms with E-state index in [0.29, 0.717) is 41.1 Å². The van der Waals surface area contributed by atoms with Crippen molar-refractivity contribution in [3.63, 3.8) is 0 Å². The summed E-state index contributed by atoms with van der Waals surface area (Å²) >= 11 is 0. The number of aliphatic hydroxyl groups is 3. The quantitative estimate of drug-likeness (QED) is 0.0627. The van der Waals surface area contributed by atoms with E-state index in [9.17, 15) is 33.3 Å². The zero-order chi connectivity index (χ0) is 36.2. The maximum absolute atomic E-state index is 14.0. The molecule has 2 aromatic carbocycles. The molecule has 15 nitrogen and oxygen atoms in total. The summed E-state index contributed by atoms with van der Waals surface area (Å²) in [5, 5.41) is 37.8. The number of hydrogen-bond acceptors (Lipinski definition) is 12. The summed E-state index contributed by atoms with van der Waals surface area (Å²) in [6, 6.07) is 3.48. The van der Waals surface area contributed by atoms with E-state index < -0.39 is 70.8 Å². The minimum Gasteiger partial charge on any atom is -0.496 e. The number of ketones is 1. The fourth-order valence-corrected chi connectivity index (χ4v) is 7.92. The summed E-state index contributed by atoms with van der Waals surface area (Å²) in [5.41, 5.74) is 13.9. The van der Waals surface area contributed by atoms with Crippen LogP contribution in [0.3, 0.4) is 0 Å². The molecular weight excluding hydrogens is 785 g/mol. The number of halogens is 1. The lowest BCUT2D eigenvalue weighted by Crippen LogP contribution is -2.54. The molecule has 0 radical (unpaired) electrons. The number of nitrogens with one attached hydrogen (secondary N) is 2. The number of benzene rings is 2. The Kier molecular flexibility index (Phi) is 14.7. The molecule has 2 heterocycles. The number of ether oxygens (including phenoxy) is 3. The van der Waals surface area contributed by atoms with Crippen LogP contribution in [0.25, 0.3) is 0 Å². The van der Waals surface area contributed by atoms with Crippen molar-refractivity contribution >= 4 is 51.5 Å². The van der Waals surface area contributed by atoms with Gasteiger partial charge in [0.1, 0.15) is 35.9 Å². The number of carbonyl (C=O) groups excluding carboxylic acids is 2. The fraction of sp³-hybridized carbons (Fsp3) is 0.545. The van der Waals surface area contributed by atoms with Gasteiger partial charge in [0.15, 0.2) is 12.1 Å². The highest BCUT2D eigenvalue weighted by atomic mass is 127. The second-order valence-electron chi connectivity index (χ2n) is 12.6. The number of nitrogen functional groups attached to an aromatic ring is 1. The predicted octanol–water partition coefficient (Wildman–Crippen LogP) is 0.390. The number of methoxy groups -OCH3 is 1. The van der Waals surface area contributed by atoms with Gasteiger partial charge in [0.25, 0.3) is 0 Å². The average molecular weight is 834 g/mol. The van der Waals surface area contributed by atoms with Crippen molar-refractivity contribution in [2.24, 2.45) is 11.5 Å². The molecule has 6 atom stereocenters. The Hall–Kier alpha value is -2.75. The molecule has 0 spiro atoms. The zero-order valence-electron chi connectivity index (χ0n) is 28.5. The van der Waals surface area contributed by atoms with Gasteiger partial charge < -0.3 is 45.9 Å². The first kappa shape index (κ1) is 41.7. The minimum atomic E-state index is -4.24. The normalized spacial score (nSPS) is 22.3. The first-order chi connectivity index (χ1) is 23.1. The third-order valence-electron chi connectivity index (χ3n) is 9.04. The molecule has 4 rings (SSSR count). The lowest BCUT2D eigenvalue weighted by molar-refractivity contribution is -0.270. The van der Waals surface area contributed by atoms with Gasteiger partial charge in [0.2, 0.25) is 15.9 Å². The van der Waals surface area contributed by atoms with Crippen LogP contribution in [0.4, 0.5) is 0 Å². The standard InChI is InChI=1S/C33H47N5O10S.HI/c1-17-12-26(46-4)18(2)19(3)30(17)49(44,45)37-24(32(43)38-10-6-5-7-11-38)14-20-8-9-21(31(35)36)22(13-20)27(40)23(34)15-47-33-29(42)28(41)25(39)16-48-33;/h8-9,12-13,23-25,28-29,33,37,39,41-42H,5-7,10-11,14-16,34H2,1-4H3,(H3,35,36);1H/t23-,24+,25+,28+,29+,33+;/m0./s1. The molecule has 50 heavy (non-hydrogen) atoms. The Morgan fingerprint density at radius 2 is 1.72 bits per heavy atom. The Balaban J connectivity index is 0.00000676. The second-order valence-corrected chi connectivity index (χ2v) is 14.2. The van der Waals surface area contributed by atoms with Gasteiger partial charge in [-0.3, -0.25) is 15.0 Å². The molecule has 2 saturated heterocycles. The smallest absolute Gasteiger partial charge is 0.241 e. The molecular formula is C33H48IN5O10S. The maximum Gasteiger partial charge on any atom is 0.241 e. The molecule has 278 valence electrons. The van der Waals surface area contributed by atoms with Gasteiger partial charge in [0, 0.05) is 24.2 Å². The lowest BCUT2D eigenvalue weighted by atomic mass is 9.94. The first-order valence-electron chi connectivity index (χ1n) is 16.1. The van der Waals surface area contributed by atoms with Crippen LogP contribution in [-0.4, -0.2) is 116 Å². The number of piperidine rings is 1. The molecule has 0 unspecified atom stereocenters. The van der Waals surface area contributed by atoms with Gasteiger partial charge in [-0.2, -0.15) is 4.72 Å². The maximum atomic E-state index is 14.0. The predicted molar refractivity (Wildman–Crippen MR) is 194 cm³/mol. The summed E-state index contributed by atoms with van der Waals surface area (Å²) in [5.74, 6) is -0.970. The lowest BCUT2D eigenvalue weighted by Gasteiger charge is -2.35. The van der Waals surface area contributed by atoms with E-state index in [-0.39, 0.29) is 53.0 Å². The van der Waals surface area contributed by atoms with E-state index in [0.717, 1.165) is 19.3 Å². The number of hydrogen-bond donors (Lipinski definition) is 7. The molecule has 9 N–H and O–H groups in total. The van der Waals surface area contributed by atoms with Crippen molar-refractivity contribution in [1.29, 1.82) is 5.41 Å². The van der Waals surface area contributed by atoms with Crippen LogP contribution < -0.4 is 20.9 Å². The molecule has 0 bridgehead atoms. The van der Waals surface area contributed by atoms with Gasteiger partial charge in [-0.15, -0.1) is 24.0 Å². The molecule has 2 aliphatic rings. The summed E-state index contributed by atoms with van der Waals surface area (Å²) in [7, 11) is -2.74. The summed E-state index contributed by atoms with van der Waals surface area (Å²) in [4.78, 5) is 29.2. The number of nitrogens with two attached hydrogens (primary N) is 2. The Morgan fingerprint density at radius 1 is 1.06 bits per heavy atom. The highest BCUT2D eigenvalue weighted by Crippen LogP contribution is 2.31. The molecule has 17 heteroatoms. The third kappa shape index (κ3) is 9.37. The van der Waals surface area contributed by atoms with Crippen LogP contribution >= 0.6 is 24.0 Å². The largest absolute Gasteiger partial charge is 0.496 e. The van der Waals surface area contributed by atoms with Gasteiger partial charge >= 0.3 is 0 Å². The van der Waals surface area contributed by atoms with Crippen molar-refractivity contribution < 1.29 is 47.5 Å². The number of sulfonamides is 1. The van der Waals surface area contributed by atoms with Crippen molar-refractivity contribution in [2.45, 2.75) is 88.0 Å². The summed E-state index contributed by atoms with van der Waals surface area (Å²) in [6.07, 6.45) is -3.37. The molecule has 0 aliphatic carbocycles. The van der Waals surface area contributed by atoms with Crippen molar-refractivity contribution in [2.75, 3.05) is 33.4 Å². The summed E-state index contributed by atoms with van der Waals surface area (Å²) < 4.78 is 46.7. The van der Waals surface area contributed by atoms with E-state index in [1.807, 2.05) is 0 Å². The monoisotopic (exact) mass is 833 g/mol. The number of carbonyl (C=O) groups is 2. The molecule has 0 aromatic heterocycles. The number of rotatable bonds is 13. The Morgan fingerprint density at radius 3 is 2.34 bits per heavy atom. The van der Waals surface area contributed by atoms with Crippen LogP contribution in [0.1, 0.15) is 57.4 Å². The number of aliphatic hydroxyl groups excluding tert-OH is 3. The SMILES string of the molecule is COc1cc(C)c(S(=O)(=O)N[C@H](Cc2ccc(C(=N)N)c(C(=O)[C@@H](N)CO[C@@H]3OC[C@@H](O)[C@@H](O)[C@H]3O)c2)C(=O)N2CCCCC2)c(C)c1C.I. The van der Waals surface area contributed by atoms with E-state index >= 15 is 0 Å². The minimum absolute atomic E-state index is 0. The molecule has 2 aromatic rings.